The second kappa shape index (κ2) is 5.20. The van der Waals surface area contributed by atoms with Gasteiger partial charge in [-0.1, -0.05) is 29.8 Å². The second-order valence-corrected chi connectivity index (χ2v) is 5.47. The molecule has 5 heteroatoms. The summed E-state index contributed by atoms with van der Waals surface area (Å²) < 4.78 is 0.810. The molecule has 0 bridgehead atoms. The average molecular weight is 311 g/mol. The molecule has 0 saturated heterocycles. The van der Waals surface area contributed by atoms with Crippen LogP contribution in [-0.4, -0.2) is 30.8 Å². The van der Waals surface area contributed by atoms with Crippen molar-refractivity contribution in [3.63, 3.8) is 0 Å². The minimum Gasteiger partial charge on any atom is -0.313 e. The Morgan fingerprint density at radius 3 is 2.72 bits per heavy atom. The van der Waals surface area contributed by atoms with E-state index >= 15 is 0 Å². The number of anilines is 1. The first-order valence-electron chi connectivity index (χ1n) is 5.90. The summed E-state index contributed by atoms with van der Waals surface area (Å²) in [6.45, 7) is 5.27. The zero-order valence-electron chi connectivity index (χ0n) is 10.4. The lowest BCUT2D eigenvalue weighted by Crippen LogP contribution is -2.37. The maximum Gasteiger partial charge on any atom is 0.299 e. The van der Waals surface area contributed by atoms with Crippen molar-refractivity contribution in [2.24, 2.45) is 0 Å². The van der Waals surface area contributed by atoms with Crippen LogP contribution in [0.3, 0.4) is 0 Å². The summed E-state index contributed by atoms with van der Waals surface area (Å²) in [5, 5.41) is 3.24. The number of rotatable bonds is 4. The van der Waals surface area contributed by atoms with E-state index in [1.54, 1.807) is 17.0 Å². The van der Waals surface area contributed by atoms with Crippen molar-refractivity contribution >= 4 is 33.3 Å². The number of carbonyl (C=O) groups excluding carboxylic acids is 2. The van der Waals surface area contributed by atoms with Gasteiger partial charge in [0.05, 0.1) is 11.3 Å². The smallest absolute Gasteiger partial charge is 0.299 e. The van der Waals surface area contributed by atoms with E-state index in [0.717, 1.165) is 4.47 Å². The zero-order chi connectivity index (χ0) is 13.3. The normalized spacial score (nSPS) is 14.6. The lowest BCUT2D eigenvalue weighted by molar-refractivity contribution is -0.114. The molecule has 0 radical (unpaired) electrons. The van der Waals surface area contributed by atoms with Crippen LogP contribution in [0.5, 0.6) is 0 Å². The fraction of sp³-hybridized carbons (Fsp3) is 0.385. The fourth-order valence-corrected chi connectivity index (χ4v) is 2.32. The van der Waals surface area contributed by atoms with Crippen LogP contribution in [0.4, 0.5) is 5.69 Å². The molecule has 0 atom stereocenters. The molecule has 1 heterocycles. The first-order chi connectivity index (χ1) is 8.50. The standard InChI is InChI=1S/C13H15BrN2O2/c1-8(2)15-5-6-16-11-4-3-9(14)7-10(11)12(17)13(16)18/h3-4,7-8,15H,5-6H2,1-2H3. The van der Waals surface area contributed by atoms with Crippen LogP contribution in [0.1, 0.15) is 24.2 Å². The van der Waals surface area contributed by atoms with Gasteiger partial charge in [0, 0.05) is 23.6 Å². The van der Waals surface area contributed by atoms with Gasteiger partial charge in [-0.25, -0.2) is 0 Å². The first-order valence-corrected chi connectivity index (χ1v) is 6.69. The lowest BCUT2D eigenvalue weighted by atomic mass is 10.1. The van der Waals surface area contributed by atoms with Crippen molar-refractivity contribution in [2.45, 2.75) is 19.9 Å². The van der Waals surface area contributed by atoms with Gasteiger partial charge < -0.3 is 10.2 Å². The molecular formula is C13H15BrN2O2. The van der Waals surface area contributed by atoms with Crippen LogP contribution in [-0.2, 0) is 4.79 Å². The Kier molecular flexibility index (Phi) is 3.82. The van der Waals surface area contributed by atoms with E-state index in [-0.39, 0.29) is 0 Å². The highest BCUT2D eigenvalue weighted by Gasteiger charge is 2.35. The molecule has 1 aliphatic rings. The van der Waals surface area contributed by atoms with Gasteiger partial charge in [0.1, 0.15) is 0 Å². The zero-order valence-corrected chi connectivity index (χ0v) is 12.0. The SMILES string of the molecule is CC(C)NCCN1C(=O)C(=O)c2cc(Br)ccc21. The largest absolute Gasteiger partial charge is 0.313 e. The molecule has 0 unspecified atom stereocenters. The Labute approximate surface area is 114 Å². The highest BCUT2D eigenvalue weighted by molar-refractivity contribution is 9.10. The maximum atomic E-state index is 11.9. The van der Waals surface area contributed by atoms with E-state index in [2.05, 4.69) is 21.2 Å². The molecule has 0 aliphatic carbocycles. The lowest BCUT2D eigenvalue weighted by Gasteiger charge is -2.17. The Bertz CT molecular complexity index is 500. The first kappa shape index (κ1) is 13.2. The number of hydrogen-bond acceptors (Lipinski definition) is 3. The van der Waals surface area contributed by atoms with Crippen molar-refractivity contribution < 1.29 is 9.59 Å². The third-order valence-electron chi connectivity index (χ3n) is 2.82. The van der Waals surface area contributed by atoms with E-state index in [4.69, 9.17) is 0 Å². The number of ketones is 1. The minimum absolute atomic E-state index is 0.364. The molecule has 18 heavy (non-hydrogen) atoms. The molecule has 1 amide bonds. The number of carbonyl (C=O) groups is 2. The third-order valence-corrected chi connectivity index (χ3v) is 3.31. The minimum atomic E-state index is -0.436. The monoisotopic (exact) mass is 310 g/mol. The van der Waals surface area contributed by atoms with Crippen molar-refractivity contribution in [2.75, 3.05) is 18.0 Å². The molecule has 0 spiro atoms. The summed E-state index contributed by atoms with van der Waals surface area (Å²) in [7, 11) is 0. The third kappa shape index (κ3) is 2.47. The van der Waals surface area contributed by atoms with Gasteiger partial charge >= 0.3 is 0 Å². The summed E-state index contributed by atoms with van der Waals surface area (Å²) in [4.78, 5) is 25.2. The molecule has 0 saturated carbocycles. The molecule has 1 N–H and O–H groups in total. The molecule has 1 aliphatic heterocycles. The van der Waals surface area contributed by atoms with Crippen molar-refractivity contribution in [3.8, 4) is 0 Å². The van der Waals surface area contributed by atoms with Gasteiger partial charge in [-0.05, 0) is 18.2 Å². The number of amides is 1. The number of hydrogen-bond donors (Lipinski definition) is 1. The van der Waals surface area contributed by atoms with E-state index in [1.165, 1.54) is 0 Å². The molecule has 1 aromatic carbocycles. The Hall–Kier alpha value is -1.20. The van der Waals surface area contributed by atoms with Crippen molar-refractivity contribution in [1.82, 2.24) is 5.32 Å². The van der Waals surface area contributed by atoms with Crippen LogP contribution >= 0.6 is 15.9 Å². The number of nitrogens with zero attached hydrogens (tertiary/aromatic N) is 1. The summed E-state index contributed by atoms with van der Waals surface area (Å²) >= 11 is 3.31. The maximum absolute atomic E-state index is 11.9. The van der Waals surface area contributed by atoms with Gasteiger partial charge in [0.15, 0.2) is 0 Å². The van der Waals surface area contributed by atoms with Crippen LogP contribution in [0.25, 0.3) is 0 Å². The number of nitrogens with one attached hydrogen (secondary N) is 1. The molecule has 1 aromatic rings. The highest BCUT2D eigenvalue weighted by Crippen LogP contribution is 2.30. The predicted molar refractivity (Wildman–Crippen MR) is 74.0 cm³/mol. The van der Waals surface area contributed by atoms with E-state index in [9.17, 15) is 9.59 Å². The van der Waals surface area contributed by atoms with Crippen LogP contribution < -0.4 is 10.2 Å². The van der Waals surface area contributed by atoms with E-state index in [1.807, 2.05) is 19.9 Å². The Morgan fingerprint density at radius 1 is 1.33 bits per heavy atom. The van der Waals surface area contributed by atoms with Gasteiger partial charge in [-0.2, -0.15) is 0 Å². The average Bonchev–Trinajstić information content (AvgIpc) is 2.54. The van der Waals surface area contributed by atoms with Gasteiger partial charge in [0.25, 0.3) is 11.7 Å². The molecule has 96 valence electrons. The van der Waals surface area contributed by atoms with E-state index in [0.29, 0.717) is 30.4 Å². The Balaban J connectivity index is 2.18. The fourth-order valence-electron chi connectivity index (χ4n) is 1.96. The summed E-state index contributed by atoms with van der Waals surface area (Å²) in [6, 6.07) is 5.71. The van der Waals surface area contributed by atoms with Crippen molar-refractivity contribution in [1.29, 1.82) is 0 Å². The van der Waals surface area contributed by atoms with Crippen LogP contribution in [0, 0.1) is 0 Å². The van der Waals surface area contributed by atoms with Crippen molar-refractivity contribution in [3.05, 3.63) is 28.2 Å². The summed E-state index contributed by atoms with van der Waals surface area (Å²) in [5.41, 5.74) is 1.19. The topological polar surface area (TPSA) is 49.4 Å². The molecule has 2 rings (SSSR count). The Morgan fingerprint density at radius 2 is 2.06 bits per heavy atom. The molecule has 4 nitrogen and oxygen atoms in total. The molecule has 0 aromatic heterocycles. The number of Topliss-reactive ketones (excluding diaryl/α,β-unsaturated/α-hetero) is 1. The number of fused-ring (bicyclic) bond motifs is 1. The van der Waals surface area contributed by atoms with Gasteiger partial charge in [0.2, 0.25) is 0 Å². The molecular weight excluding hydrogens is 296 g/mol. The number of halogens is 1. The number of benzene rings is 1. The van der Waals surface area contributed by atoms with Crippen LogP contribution in [0.2, 0.25) is 0 Å². The molecule has 0 fully saturated rings. The highest BCUT2D eigenvalue weighted by atomic mass is 79.9. The summed E-state index contributed by atoms with van der Waals surface area (Å²) in [6.07, 6.45) is 0. The second-order valence-electron chi connectivity index (χ2n) is 4.56. The predicted octanol–water partition coefficient (Wildman–Crippen LogP) is 1.98. The van der Waals surface area contributed by atoms with Gasteiger partial charge in [-0.3, -0.25) is 9.59 Å². The van der Waals surface area contributed by atoms with Crippen LogP contribution in [0.15, 0.2) is 22.7 Å². The summed E-state index contributed by atoms with van der Waals surface area (Å²) in [5.74, 6) is -0.857. The van der Waals surface area contributed by atoms with E-state index < -0.39 is 11.7 Å². The quantitative estimate of drug-likeness (QED) is 0.865. The van der Waals surface area contributed by atoms with Gasteiger partial charge in [-0.15, -0.1) is 0 Å².